The third kappa shape index (κ3) is 5.22. The van der Waals surface area contributed by atoms with Gasteiger partial charge in [0.15, 0.2) is 0 Å². The van der Waals surface area contributed by atoms with Gasteiger partial charge in [0, 0.05) is 29.9 Å². The Balaban J connectivity index is 1.78. The van der Waals surface area contributed by atoms with E-state index in [1.807, 2.05) is 19.1 Å². The molecule has 0 bridgehead atoms. The monoisotopic (exact) mass is 307 g/mol. The minimum atomic E-state index is -0.224. The molecule has 0 radical (unpaired) electrons. The van der Waals surface area contributed by atoms with Crippen molar-refractivity contribution in [3.05, 3.63) is 29.9 Å². The summed E-state index contributed by atoms with van der Waals surface area (Å²) >= 11 is 1.47. The number of rotatable bonds is 8. The molecule has 0 aliphatic carbocycles. The second-order valence-electron chi connectivity index (χ2n) is 4.07. The van der Waals surface area contributed by atoms with Crippen LogP contribution in [0.15, 0.2) is 29.9 Å². The summed E-state index contributed by atoms with van der Waals surface area (Å²) in [6.45, 7) is 3.45. The average molecular weight is 307 g/mol. The fourth-order valence-corrected chi connectivity index (χ4v) is 2.32. The summed E-state index contributed by atoms with van der Waals surface area (Å²) < 4.78 is 10.3. The van der Waals surface area contributed by atoms with Gasteiger partial charge in [0.25, 0.3) is 5.91 Å². The van der Waals surface area contributed by atoms with E-state index in [0.717, 1.165) is 10.6 Å². The fraction of sp³-hybridized carbons (Fsp3) is 0.357. The summed E-state index contributed by atoms with van der Waals surface area (Å²) in [5, 5.41) is 5.34. The minimum Gasteiger partial charge on any atom is -0.379 e. The Labute approximate surface area is 127 Å². The van der Waals surface area contributed by atoms with Crippen molar-refractivity contribution in [1.29, 1.82) is 0 Å². The van der Waals surface area contributed by atoms with E-state index in [2.05, 4.69) is 15.3 Å². The van der Waals surface area contributed by atoms with Crippen molar-refractivity contribution < 1.29 is 14.3 Å². The zero-order valence-corrected chi connectivity index (χ0v) is 12.6. The van der Waals surface area contributed by atoms with E-state index >= 15 is 0 Å². The Hall–Kier alpha value is -1.83. The molecule has 1 N–H and O–H groups in total. The van der Waals surface area contributed by atoms with E-state index in [1.54, 1.807) is 17.8 Å². The first-order valence-corrected chi connectivity index (χ1v) is 7.49. The van der Waals surface area contributed by atoms with Crippen molar-refractivity contribution in [1.82, 2.24) is 9.97 Å². The lowest BCUT2D eigenvalue weighted by Crippen LogP contribution is -2.19. The molecule has 0 aliphatic heterocycles. The average Bonchev–Trinajstić information content (AvgIpc) is 2.96. The molecule has 0 saturated carbocycles. The number of nitrogens with zero attached hydrogens (tertiary/aromatic N) is 2. The molecule has 2 rings (SSSR count). The fourth-order valence-electron chi connectivity index (χ4n) is 1.56. The van der Waals surface area contributed by atoms with Crippen LogP contribution in [0.2, 0.25) is 0 Å². The van der Waals surface area contributed by atoms with Crippen LogP contribution in [-0.4, -0.2) is 42.3 Å². The van der Waals surface area contributed by atoms with Crippen LogP contribution in [0.4, 0.5) is 5.82 Å². The molecule has 2 heterocycles. The maximum atomic E-state index is 11.7. The van der Waals surface area contributed by atoms with Crippen LogP contribution < -0.4 is 5.32 Å². The molecule has 7 heteroatoms. The molecule has 112 valence electrons. The Kier molecular flexibility index (Phi) is 6.26. The summed E-state index contributed by atoms with van der Waals surface area (Å²) in [5.41, 5.74) is 0.975. The molecule has 2 aromatic heterocycles. The van der Waals surface area contributed by atoms with Gasteiger partial charge in [0.1, 0.15) is 17.4 Å². The summed E-state index contributed by atoms with van der Waals surface area (Å²) in [5.74, 6) is 0.309. The van der Waals surface area contributed by atoms with Gasteiger partial charge in [-0.25, -0.2) is 4.98 Å². The van der Waals surface area contributed by atoms with Crippen LogP contribution >= 0.6 is 11.3 Å². The SMILES string of the molecule is CCOCCOCC(=O)Nc1csc(-c2ccncc2)n1. The summed E-state index contributed by atoms with van der Waals surface area (Å²) in [4.78, 5) is 20.0. The van der Waals surface area contributed by atoms with Crippen LogP contribution in [0, 0.1) is 0 Å². The number of carbonyl (C=O) groups is 1. The predicted octanol–water partition coefficient (Wildman–Crippen LogP) is 2.20. The molecule has 0 fully saturated rings. The minimum absolute atomic E-state index is 0.00477. The lowest BCUT2D eigenvalue weighted by atomic mass is 10.3. The van der Waals surface area contributed by atoms with Crippen molar-refractivity contribution in [2.24, 2.45) is 0 Å². The first-order chi connectivity index (χ1) is 10.3. The molecule has 0 unspecified atom stereocenters. The number of nitrogens with one attached hydrogen (secondary N) is 1. The number of hydrogen-bond acceptors (Lipinski definition) is 6. The molecular formula is C14H17N3O3S. The predicted molar refractivity (Wildman–Crippen MR) is 81.3 cm³/mol. The zero-order chi connectivity index (χ0) is 14.9. The van der Waals surface area contributed by atoms with Gasteiger partial charge in [-0.2, -0.15) is 0 Å². The molecule has 6 nitrogen and oxygen atoms in total. The second-order valence-corrected chi connectivity index (χ2v) is 4.93. The lowest BCUT2D eigenvalue weighted by Gasteiger charge is -2.04. The molecule has 1 amide bonds. The van der Waals surface area contributed by atoms with E-state index in [0.29, 0.717) is 25.6 Å². The number of anilines is 1. The van der Waals surface area contributed by atoms with Gasteiger partial charge in [-0.15, -0.1) is 11.3 Å². The molecule has 0 spiro atoms. The highest BCUT2D eigenvalue weighted by atomic mass is 32.1. The van der Waals surface area contributed by atoms with Crippen molar-refractivity contribution in [2.45, 2.75) is 6.92 Å². The maximum Gasteiger partial charge on any atom is 0.251 e. The van der Waals surface area contributed by atoms with E-state index in [9.17, 15) is 4.79 Å². The van der Waals surface area contributed by atoms with Crippen LogP contribution in [0.1, 0.15) is 6.92 Å². The van der Waals surface area contributed by atoms with Gasteiger partial charge in [-0.1, -0.05) is 0 Å². The van der Waals surface area contributed by atoms with Crippen molar-refractivity contribution in [3.8, 4) is 10.6 Å². The molecule has 21 heavy (non-hydrogen) atoms. The standard InChI is InChI=1S/C14H17N3O3S/c1-2-19-7-8-20-9-13(18)16-12-10-21-14(17-12)11-3-5-15-6-4-11/h3-6,10H,2,7-9H2,1H3,(H,16,18). The zero-order valence-electron chi connectivity index (χ0n) is 11.7. The number of carbonyl (C=O) groups excluding carboxylic acids is 1. The van der Waals surface area contributed by atoms with Crippen molar-refractivity contribution >= 4 is 23.1 Å². The van der Waals surface area contributed by atoms with E-state index in [1.165, 1.54) is 11.3 Å². The van der Waals surface area contributed by atoms with E-state index < -0.39 is 0 Å². The Morgan fingerprint density at radius 2 is 2.05 bits per heavy atom. The van der Waals surface area contributed by atoms with Gasteiger partial charge in [-0.05, 0) is 19.1 Å². The molecule has 0 aromatic carbocycles. The second kappa shape index (κ2) is 8.46. The highest BCUT2D eigenvalue weighted by Crippen LogP contribution is 2.24. The van der Waals surface area contributed by atoms with Crippen LogP contribution in [0.25, 0.3) is 10.6 Å². The summed E-state index contributed by atoms with van der Waals surface area (Å²) in [6.07, 6.45) is 3.42. The topological polar surface area (TPSA) is 73.3 Å². The largest absolute Gasteiger partial charge is 0.379 e. The lowest BCUT2D eigenvalue weighted by molar-refractivity contribution is -0.121. The van der Waals surface area contributed by atoms with Crippen LogP contribution in [-0.2, 0) is 14.3 Å². The first-order valence-electron chi connectivity index (χ1n) is 6.61. The molecule has 0 atom stereocenters. The third-order valence-electron chi connectivity index (χ3n) is 2.51. The van der Waals surface area contributed by atoms with Crippen LogP contribution in [0.5, 0.6) is 0 Å². The number of pyridine rings is 1. The number of hydrogen-bond donors (Lipinski definition) is 1. The number of amides is 1. The van der Waals surface area contributed by atoms with Gasteiger partial charge >= 0.3 is 0 Å². The smallest absolute Gasteiger partial charge is 0.251 e. The number of thiazole rings is 1. The normalized spacial score (nSPS) is 10.5. The first kappa shape index (κ1) is 15.6. The Morgan fingerprint density at radius 1 is 1.29 bits per heavy atom. The van der Waals surface area contributed by atoms with Gasteiger partial charge < -0.3 is 14.8 Å². The molecular weight excluding hydrogens is 290 g/mol. The van der Waals surface area contributed by atoms with E-state index in [4.69, 9.17) is 9.47 Å². The van der Waals surface area contributed by atoms with Crippen molar-refractivity contribution in [3.63, 3.8) is 0 Å². The Morgan fingerprint density at radius 3 is 2.81 bits per heavy atom. The van der Waals surface area contributed by atoms with E-state index in [-0.39, 0.29) is 12.5 Å². The van der Waals surface area contributed by atoms with Gasteiger partial charge in [-0.3, -0.25) is 9.78 Å². The molecule has 0 saturated heterocycles. The van der Waals surface area contributed by atoms with Gasteiger partial charge in [0.2, 0.25) is 0 Å². The van der Waals surface area contributed by atoms with Gasteiger partial charge in [0.05, 0.1) is 13.2 Å². The van der Waals surface area contributed by atoms with Crippen LogP contribution in [0.3, 0.4) is 0 Å². The number of ether oxygens (including phenoxy) is 2. The quantitative estimate of drug-likeness (QED) is 0.757. The Bertz CT molecular complexity index is 560. The third-order valence-corrected chi connectivity index (χ3v) is 3.40. The number of aromatic nitrogens is 2. The highest BCUT2D eigenvalue weighted by Gasteiger charge is 2.07. The maximum absolute atomic E-state index is 11.7. The summed E-state index contributed by atoms with van der Waals surface area (Å²) in [6, 6.07) is 3.75. The highest BCUT2D eigenvalue weighted by molar-refractivity contribution is 7.13. The summed E-state index contributed by atoms with van der Waals surface area (Å²) in [7, 11) is 0. The molecule has 0 aliphatic rings. The molecule has 2 aromatic rings. The van der Waals surface area contributed by atoms with Crippen molar-refractivity contribution in [2.75, 3.05) is 31.7 Å².